The van der Waals surface area contributed by atoms with E-state index >= 15 is 0 Å². The summed E-state index contributed by atoms with van der Waals surface area (Å²) in [5.41, 5.74) is 0. The van der Waals surface area contributed by atoms with Gasteiger partial charge in [0.1, 0.15) is 0 Å². The molecule has 1 fully saturated rings. The fourth-order valence-electron chi connectivity index (χ4n) is 1.69. The van der Waals surface area contributed by atoms with Crippen molar-refractivity contribution in [1.82, 2.24) is 5.32 Å². The maximum atomic E-state index is 10.9. The zero-order chi connectivity index (χ0) is 11.6. The number of piperidine rings is 1. The molecule has 1 N–H and O–H groups in total. The summed E-state index contributed by atoms with van der Waals surface area (Å²) in [7, 11) is 0. The molecule has 1 saturated heterocycles. The number of nitrogens with one attached hydrogen (secondary N) is 1. The lowest BCUT2D eigenvalue weighted by molar-refractivity contribution is -0.137. The summed E-state index contributed by atoms with van der Waals surface area (Å²) in [6, 6.07) is 0. The molecule has 16 heavy (non-hydrogen) atoms. The van der Waals surface area contributed by atoms with Crippen molar-refractivity contribution in [3.05, 3.63) is 12.2 Å². The number of carbonyl (C=O) groups excluding carboxylic acids is 1. The van der Waals surface area contributed by atoms with E-state index < -0.39 is 0 Å². The van der Waals surface area contributed by atoms with Crippen LogP contribution < -0.4 is 5.32 Å². The Bertz CT molecular complexity index is 222. The molecule has 0 atom stereocenters. The maximum absolute atomic E-state index is 10.9. The van der Waals surface area contributed by atoms with Gasteiger partial charge < -0.3 is 14.8 Å². The smallest absolute Gasteiger partial charge is 0.330 e. The molecule has 92 valence electrons. The summed E-state index contributed by atoms with van der Waals surface area (Å²) >= 11 is 0. The lowest BCUT2D eigenvalue weighted by Gasteiger charge is -2.21. The summed E-state index contributed by atoms with van der Waals surface area (Å²) in [5, 5.41) is 3.31. The van der Waals surface area contributed by atoms with Crippen molar-refractivity contribution in [1.29, 1.82) is 0 Å². The summed E-state index contributed by atoms with van der Waals surface area (Å²) < 4.78 is 10.2. The highest BCUT2D eigenvalue weighted by molar-refractivity contribution is 5.81. The van der Waals surface area contributed by atoms with Crippen LogP contribution in [0.3, 0.4) is 0 Å². The first-order chi connectivity index (χ1) is 7.83. The predicted molar refractivity (Wildman–Crippen MR) is 62.2 cm³/mol. The molecular weight excluding hydrogens is 206 g/mol. The molecule has 0 spiro atoms. The average Bonchev–Trinajstić information content (AvgIpc) is 2.30. The van der Waals surface area contributed by atoms with Crippen LogP contribution in [0.15, 0.2) is 12.2 Å². The van der Waals surface area contributed by atoms with Gasteiger partial charge in [-0.25, -0.2) is 4.79 Å². The highest BCUT2D eigenvalue weighted by atomic mass is 16.5. The van der Waals surface area contributed by atoms with Gasteiger partial charge in [-0.05, 0) is 38.8 Å². The monoisotopic (exact) mass is 227 g/mol. The Morgan fingerprint density at radius 2 is 2.19 bits per heavy atom. The van der Waals surface area contributed by atoms with Crippen LogP contribution >= 0.6 is 0 Å². The third-order valence-electron chi connectivity index (χ3n) is 2.57. The molecule has 1 heterocycles. The van der Waals surface area contributed by atoms with Crippen molar-refractivity contribution in [2.45, 2.75) is 19.8 Å². The minimum Gasteiger partial charge on any atom is -0.463 e. The molecule has 0 amide bonds. The van der Waals surface area contributed by atoms with E-state index in [2.05, 4.69) is 5.32 Å². The van der Waals surface area contributed by atoms with E-state index in [1.54, 1.807) is 13.0 Å². The van der Waals surface area contributed by atoms with Gasteiger partial charge in [0.05, 0.1) is 13.2 Å². The largest absolute Gasteiger partial charge is 0.463 e. The van der Waals surface area contributed by atoms with Crippen LogP contribution in [-0.2, 0) is 14.3 Å². The zero-order valence-corrected chi connectivity index (χ0v) is 9.91. The molecule has 0 radical (unpaired) electrons. The fourth-order valence-corrected chi connectivity index (χ4v) is 1.69. The first kappa shape index (κ1) is 13.2. The third kappa shape index (κ3) is 5.88. The molecule has 0 aliphatic carbocycles. The Balaban J connectivity index is 2.00. The fraction of sp³-hybridized carbons (Fsp3) is 0.750. The van der Waals surface area contributed by atoms with Crippen LogP contribution in [0.2, 0.25) is 0 Å². The van der Waals surface area contributed by atoms with Crippen molar-refractivity contribution in [3.8, 4) is 0 Å². The molecule has 0 unspecified atom stereocenters. The van der Waals surface area contributed by atoms with Gasteiger partial charge in [0.15, 0.2) is 0 Å². The SMILES string of the molecule is CCOC(=O)/C=C/COCC1CCNCC1. The molecule has 0 aromatic heterocycles. The minimum absolute atomic E-state index is 0.298. The summed E-state index contributed by atoms with van der Waals surface area (Å²) in [5.74, 6) is 0.366. The Morgan fingerprint density at radius 1 is 1.44 bits per heavy atom. The predicted octanol–water partition coefficient (Wildman–Crippen LogP) is 1.12. The van der Waals surface area contributed by atoms with Gasteiger partial charge in [0, 0.05) is 12.7 Å². The molecule has 0 aromatic rings. The van der Waals surface area contributed by atoms with Crippen LogP contribution in [0.5, 0.6) is 0 Å². The summed E-state index contributed by atoms with van der Waals surface area (Å²) in [6.07, 6.45) is 5.49. The molecule has 4 heteroatoms. The molecule has 4 nitrogen and oxygen atoms in total. The van der Waals surface area contributed by atoms with Gasteiger partial charge in [0.2, 0.25) is 0 Å². The lowest BCUT2D eigenvalue weighted by Crippen LogP contribution is -2.29. The van der Waals surface area contributed by atoms with Gasteiger partial charge in [-0.1, -0.05) is 6.08 Å². The maximum Gasteiger partial charge on any atom is 0.330 e. The van der Waals surface area contributed by atoms with E-state index in [1.807, 2.05) is 0 Å². The van der Waals surface area contributed by atoms with Crippen molar-refractivity contribution < 1.29 is 14.3 Å². The lowest BCUT2D eigenvalue weighted by atomic mass is 9.99. The van der Waals surface area contributed by atoms with E-state index in [0.29, 0.717) is 19.1 Å². The van der Waals surface area contributed by atoms with Gasteiger partial charge in [-0.2, -0.15) is 0 Å². The van der Waals surface area contributed by atoms with Crippen molar-refractivity contribution >= 4 is 5.97 Å². The normalized spacial score (nSPS) is 17.8. The highest BCUT2D eigenvalue weighted by Crippen LogP contribution is 2.11. The Labute approximate surface area is 97.0 Å². The minimum atomic E-state index is -0.298. The zero-order valence-electron chi connectivity index (χ0n) is 9.91. The van der Waals surface area contributed by atoms with Crippen molar-refractivity contribution in [2.75, 3.05) is 32.9 Å². The van der Waals surface area contributed by atoms with Crippen LogP contribution in [0, 0.1) is 5.92 Å². The number of rotatable bonds is 6. The Morgan fingerprint density at radius 3 is 2.88 bits per heavy atom. The molecule has 1 aliphatic heterocycles. The molecular formula is C12H21NO3. The second-order valence-corrected chi connectivity index (χ2v) is 3.89. The van der Waals surface area contributed by atoms with E-state index in [9.17, 15) is 4.79 Å². The molecule has 1 aliphatic rings. The Hall–Kier alpha value is -0.870. The Kier molecular flexibility index (Phi) is 6.85. The van der Waals surface area contributed by atoms with E-state index in [0.717, 1.165) is 19.7 Å². The number of carbonyl (C=O) groups is 1. The van der Waals surface area contributed by atoms with Gasteiger partial charge in [0.25, 0.3) is 0 Å². The second kappa shape index (κ2) is 8.30. The van der Waals surface area contributed by atoms with Crippen LogP contribution in [0.25, 0.3) is 0 Å². The molecule has 1 rings (SSSR count). The summed E-state index contributed by atoms with van der Waals surface area (Å²) in [6.45, 7) is 5.66. The first-order valence-electron chi connectivity index (χ1n) is 5.94. The van der Waals surface area contributed by atoms with E-state index in [-0.39, 0.29) is 5.97 Å². The molecule has 0 aromatic carbocycles. The number of hydrogen-bond donors (Lipinski definition) is 1. The van der Waals surface area contributed by atoms with Gasteiger partial charge >= 0.3 is 5.97 Å². The van der Waals surface area contributed by atoms with Crippen LogP contribution in [0.4, 0.5) is 0 Å². The molecule has 0 saturated carbocycles. The van der Waals surface area contributed by atoms with Crippen LogP contribution in [-0.4, -0.2) is 38.9 Å². The summed E-state index contributed by atoms with van der Waals surface area (Å²) in [4.78, 5) is 10.9. The third-order valence-corrected chi connectivity index (χ3v) is 2.57. The quantitative estimate of drug-likeness (QED) is 0.420. The number of hydrogen-bond acceptors (Lipinski definition) is 4. The first-order valence-corrected chi connectivity index (χ1v) is 5.94. The topological polar surface area (TPSA) is 47.6 Å². The van der Waals surface area contributed by atoms with Gasteiger partial charge in [-0.3, -0.25) is 0 Å². The van der Waals surface area contributed by atoms with E-state index in [4.69, 9.17) is 9.47 Å². The van der Waals surface area contributed by atoms with Crippen molar-refractivity contribution in [3.63, 3.8) is 0 Å². The highest BCUT2D eigenvalue weighted by Gasteiger charge is 2.12. The van der Waals surface area contributed by atoms with Crippen molar-refractivity contribution in [2.24, 2.45) is 5.92 Å². The number of ether oxygens (including phenoxy) is 2. The van der Waals surface area contributed by atoms with E-state index in [1.165, 1.54) is 18.9 Å². The molecule has 0 bridgehead atoms. The standard InChI is InChI=1S/C12H21NO3/c1-2-16-12(14)4-3-9-15-10-11-5-7-13-8-6-11/h3-4,11,13H,2,5-10H2,1H3/b4-3+. The second-order valence-electron chi connectivity index (χ2n) is 3.89. The van der Waals surface area contributed by atoms with Crippen LogP contribution in [0.1, 0.15) is 19.8 Å². The number of esters is 1. The average molecular weight is 227 g/mol. The van der Waals surface area contributed by atoms with Gasteiger partial charge in [-0.15, -0.1) is 0 Å².